The lowest BCUT2D eigenvalue weighted by Gasteiger charge is -2.34. The fourth-order valence-corrected chi connectivity index (χ4v) is 5.21. The fraction of sp³-hybridized carbons (Fsp3) is 0.400. The molecule has 0 aromatic heterocycles. The van der Waals surface area contributed by atoms with Gasteiger partial charge in [-0.3, -0.25) is 4.90 Å². The van der Waals surface area contributed by atoms with Gasteiger partial charge in [-0.1, -0.05) is 12.1 Å². The average molecular weight is 404 g/mol. The van der Waals surface area contributed by atoms with Gasteiger partial charge in [0.05, 0.1) is 7.11 Å². The van der Waals surface area contributed by atoms with E-state index in [1.54, 1.807) is 16.4 Å². The Labute approximate surface area is 165 Å². The quantitative estimate of drug-likeness (QED) is 0.761. The molecule has 1 fully saturated rings. The van der Waals surface area contributed by atoms with E-state index in [2.05, 4.69) is 4.90 Å². The highest BCUT2D eigenvalue weighted by atomic mass is 32.2. The van der Waals surface area contributed by atoms with E-state index in [4.69, 9.17) is 14.2 Å². The molecule has 0 unspecified atom stereocenters. The van der Waals surface area contributed by atoms with Gasteiger partial charge in [-0.25, -0.2) is 8.42 Å². The van der Waals surface area contributed by atoms with Crippen LogP contribution in [0.15, 0.2) is 41.3 Å². The molecule has 2 aromatic carbocycles. The number of aryl methyl sites for hydroxylation is 1. The molecule has 7 nitrogen and oxygen atoms in total. The summed E-state index contributed by atoms with van der Waals surface area (Å²) in [5.41, 5.74) is 2.02. The van der Waals surface area contributed by atoms with Gasteiger partial charge in [0.15, 0.2) is 11.5 Å². The molecule has 0 spiro atoms. The van der Waals surface area contributed by atoms with Crippen LogP contribution in [-0.2, 0) is 16.6 Å². The number of methoxy groups -OCH3 is 1. The lowest BCUT2D eigenvalue weighted by Crippen LogP contribution is -2.48. The van der Waals surface area contributed by atoms with Crippen molar-refractivity contribution >= 4 is 10.0 Å². The van der Waals surface area contributed by atoms with Crippen LogP contribution in [0, 0.1) is 6.92 Å². The van der Waals surface area contributed by atoms with Gasteiger partial charge in [0, 0.05) is 32.7 Å². The Balaban J connectivity index is 1.43. The summed E-state index contributed by atoms with van der Waals surface area (Å²) in [7, 11) is -2.09. The van der Waals surface area contributed by atoms with E-state index in [1.165, 1.54) is 7.11 Å². The summed E-state index contributed by atoms with van der Waals surface area (Å²) in [6.45, 7) is 5.12. The van der Waals surface area contributed by atoms with Crippen LogP contribution in [-0.4, -0.2) is 57.7 Å². The molecule has 2 aliphatic heterocycles. The number of ether oxygens (including phenoxy) is 3. The minimum atomic E-state index is -3.59. The highest BCUT2D eigenvalue weighted by molar-refractivity contribution is 7.89. The van der Waals surface area contributed by atoms with E-state index < -0.39 is 10.0 Å². The number of hydrogen-bond acceptors (Lipinski definition) is 6. The summed E-state index contributed by atoms with van der Waals surface area (Å²) >= 11 is 0. The molecule has 0 aliphatic carbocycles. The summed E-state index contributed by atoms with van der Waals surface area (Å²) in [5, 5.41) is 0. The SMILES string of the molecule is COc1ccc(C)cc1S(=O)(=O)N1CCN(Cc2ccc3c(c2)OCO3)CC1. The van der Waals surface area contributed by atoms with E-state index in [-0.39, 0.29) is 11.7 Å². The first-order valence-electron chi connectivity index (χ1n) is 9.23. The molecule has 2 heterocycles. The topological polar surface area (TPSA) is 68.3 Å². The second kappa shape index (κ2) is 7.62. The first-order valence-corrected chi connectivity index (χ1v) is 10.7. The molecule has 150 valence electrons. The lowest BCUT2D eigenvalue weighted by atomic mass is 10.2. The largest absolute Gasteiger partial charge is 0.495 e. The number of fused-ring (bicyclic) bond motifs is 1. The van der Waals surface area contributed by atoms with Crippen LogP contribution in [0.3, 0.4) is 0 Å². The fourth-order valence-electron chi connectivity index (χ4n) is 3.55. The minimum Gasteiger partial charge on any atom is -0.495 e. The van der Waals surface area contributed by atoms with Crippen LogP contribution in [0.25, 0.3) is 0 Å². The summed E-state index contributed by atoms with van der Waals surface area (Å²) < 4.78 is 43.8. The van der Waals surface area contributed by atoms with Crippen LogP contribution in [0.1, 0.15) is 11.1 Å². The van der Waals surface area contributed by atoms with Crippen molar-refractivity contribution in [3.63, 3.8) is 0 Å². The van der Waals surface area contributed by atoms with Crippen LogP contribution >= 0.6 is 0 Å². The molecule has 2 aliphatic rings. The highest BCUT2D eigenvalue weighted by Crippen LogP contribution is 2.33. The molecule has 0 N–H and O–H groups in total. The van der Waals surface area contributed by atoms with Gasteiger partial charge >= 0.3 is 0 Å². The van der Waals surface area contributed by atoms with Gasteiger partial charge in [0.1, 0.15) is 10.6 Å². The third-order valence-electron chi connectivity index (χ3n) is 5.11. The smallest absolute Gasteiger partial charge is 0.246 e. The Morgan fingerprint density at radius 2 is 1.75 bits per heavy atom. The summed E-state index contributed by atoms with van der Waals surface area (Å²) in [6.07, 6.45) is 0. The highest BCUT2D eigenvalue weighted by Gasteiger charge is 2.31. The normalized spacial score (nSPS) is 17.6. The Kier molecular flexibility index (Phi) is 5.18. The van der Waals surface area contributed by atoms with Crippen LogP contribution in [0.4, 0.5) is 0 Å². The molecule has 4 rings (SSSR count). The predicted molar refractivity (Wildman–Crippen MR) is 104 cm³/mol. The van der Waals surface area contributed by atoms with Gasteiger partial charge in [-0.05, 0) is 42.3 Å². The van der Waals surface area contributed by atoms with Crippen molar-refractivity contribution in [2.45, 2.75) is 18.4 Å². The van der Waals surface area contributed by atoms with Crippen molar-refractivity contribution in [2.75, 3.05) is 40.1 Å². The lowest BCUT2D eigenvalue weighted by molar-refractivity contribution is 0.173. The van der Waals surface area contributed by atoms with Crippen molar-refractivity contribution < 1.29 is 22.6 Å². The zero-order chi connectivity index (χ0) is 19.7. The standard InChI is InChI=1S/C20H24N2O5S/c1-15-3-5-18(25-2)20(11-15)28(23,24)22-9-7-21(8-10-22)13-16-4-6-17-19(12-16)27-14-26-17/h3-6,11-12H,7-10,13-14H2,1-2H3. The molecule has 2 aromatic rings. The van der Waals surface area contributed by atoms with Crippen LogP contribution in [0.5, 0.6) is 17.2 Å². The van der Waals surface area contributed by atoms with Crippen LogP contribution in [0.2, 0.25) is 0 Å². The third-order valence-corrected chi connectivity index (χ3v) is 7.03. The number of sulfonamides is 1. The minimum absolute atomic E-state index is 0.235. The maximum Gasteiger partial charge on any atom is 0.246 e. The monoisotopic (exact) mass is 404 g/mol. The molecular weight excluding hydrogens is 380 g/mol. The number of hydrogen-bond donors (Lipinski definition) is 0. The summed E-state index contributed by atoms with van der Waals surface area (Å²) in [6, 6.07) is 11.2. The van der Waals surface area contributed by atoms with E-state index in [0.717, 1.165) is 29.2 Å². The first-order chi connectivity index (χ1) is 13.5. The molecule has 0 saturated carbocycles. The van der Waals surface area contributed by atoms with Crippen molar-refractivity contribution in [3.05, 3.63) is 47.5 Å². The molecule has 28 heavy (non-hydrogen) atoms. The van der Waals surface area contributed by atoms with E-state index >= 15 is 0 Å². The van der Waals surface area contributed by atoms with Crippen molar-refractivity contribution in [1.82, 2.24) is 9.21 Å². The molecule has 8 heteroatoms. The molecule has 0 atom stereocenters. The van der Waals surface area contributed by atoms with Gasteiger partial charge in [-0.15, -0.1) is 0 Å². The van der Waals surface area contributed by atoms with E-state index in [9.17, 15) is 8.42 Å². The molecule has 0 amide bonds. The Morgan fingerprint density at radius 3 is 2.50 bits per heavy atom. The Hall–Kier alpha value is -2.29. The second-order valence-electron chi connectivity index (χ2n) is 7.02. The maximum atomic E-state index is 13.1. The van der Waals surface area contributed by atoms with Gasteiger partial charge in [-0.2, -0.15) is 4.31 Å². The predicted octanol–water partition coefficient (Wildman–Crippen LogP) is 2.24. The number of rotatable bonds is 5. The summed E-state index contributed by atoms with van der Waals surface area (Å²) in [4.78, 5) is 2.48. The molecule has 1 saturated heterocycles. The molecule has 0 radical (unpaired) electrons. The van der Waals surface area contributed by atoms with Crippen molar-refractivity contribution in [1.29, 1.82) is 0 Å². The average Bonchev–Trinajstić information content (AvgIpc) is 3.16. The Bertz CT molecular complexity index is 969. The van der Waals surface area contributed by atoms with E-state index in [1.807, 2.05) is 31.2 Å². The van der Waals surface area contributed by atoms with Gasteiger partial charge in [0.2, 0.25) is 16.8 Å². The van der Waals surface area contributed by atoms with Crippen molar-refractivity contribution in [3.8, 4) is 17.2 Å². The number of piperazine rings is 1. The third kappa shape index (κ3) is 3.67. The molecule has 0 bridgehead atoms. The number of benzene rings is 2. The Morgan fingerprint density at radius 1 is 1.00 bits per heavy atom. The number of nitrogens with zero attached hydrogens (tertiary/aromatic N) is 2. The first kappa shape index (κ1) is 19.0. The molecular formula is C20H24N2O5S. The van der Waals surface area contributed by atoms with E-state index in [0.29, 0.717) is 31.9 Å². The zero-order valence-electron chi connectivity index (χ0n) is 16.1. The summed E-state index contributed by atoms with van der Waals surface area (Å²) in [5.74, 6) is 1.92. The van der Waals surface area contributed by atoms with Gasteiger partial charge in [0.25, 0.3) is 0 Å². The van der Waals surface area contributed by atoms with Gasteiger partial charge < -0.3 is 14.2 Å². The second-order valence-corrected chi connectivity index (χ2v) is 8.93. The van der Waals surface area contributed by atoms with Crippen LogP contribution < -0.4 is 14.2 Å². The van der Waals surface area contributed by atoms with Crippen molar-refractivity contribution in [2.24, 2.45) is 0 Å². The zero-order valence-corrected chi connectivity index (χ0v) is 16.9. The maximum absolute atomic E-state index is 13.1.